The van der Waals surface area contributed by atoms with Gasteiger partial charge in [-0.25, -0.2) is 0 Å². The molecule has 4 aromatic carbocycles. The number of halogens is 1. The SMILES string of the molecule is CC(C)(C)[Si](OCC(COCc1ccccc1)NC(=O)c1cccc([N+](=O)[O-])c1F)(c1ccccc1)c1ccccc1. The fraction of sp³-hybridized carbons (Fsp3) is 0.242. The van der Waals surface area contributed by atoms with Crippen LogP contribution in [-0.2, 0) is 15.8 Å². The molecule has 1 atom stereocenters. The lowest BCUT2D eigenvalue weighted by Gasteiger charge is -2.43. The molecule has 0 saturated heterocycles. The highest BCUT2D eigenvalue weighted by Crippen LogP contribution is 2.36. The van der Waals surface area contributed by atoms with Gasteiger partial charge in [0.25, 0.3) is 14.2 Å². The summed E-state index contributed by atoms with van der Waals surface area (Å²) in [4.78, 5) is 23.7. The number of amides is 1. The van der Waals surface area contributed by atoms with E-state index in [2.05, 4.69) is 50.4 Å². The largest absolute Gasteiger partial charge is 0.405 e. The number of hydrogen-bond donors (Lipinski definition) is 1. The minimum absolute atomic E-state index is 0.0738. The monoisotopic (exact) mass is 586 g/mol. The second kappa shape index (κ2) is 13.7. The molecule has 4 rings (SSSR count). The Kier molecular flexibility index (Phi) is 10.0. The zero-order valence-electron chi connectivity index (χ0n) is 24.0. The third-order valence-electron chi connectivity index (χ3n) is 7.10. The fourth-order valence-corrected chi connectivity index (χ4v) is 9.72. The molecule has 1 N–H and O–H groups in total. The van der Waals surface area contributed by atoms with E-state index in [9.17, 15) is 19.3 Å². The third kappa shape index (κ3) is 6.99. The van der Waals surface area contributed by atoms with Crippen LogP contribution in [-0.4, -0.2) is 38.4 Å². The van der Waals surface area contributed by atoms with E-state index < -0.39 is 42.3 Å². The molecule has 1 amide bonds. The Morgan fingerprint density at radius 3 is 1.93 bits per heavy atom. The molecular formula is C33H35FN2O5Si. The molecular weight excluding hydrogens is 551 g/mol. The van der Waals surface area contributed by atoms with Gasteiger partial charge in [-0.2, -0.15) is 4.39 Å². The van der Waals surface area contributed by atoms with Crippen LogP contribution in [0.4, 0.5) is 10.1 Å². The van der Waals surface area contributed by atoms with Crippen molar-refractivity contribution in [2.24, 2.45) is 0 Å². The molecule has 0 saturated carbocycles. The van der Waals surface area contributed by atoms with Crippen LogP contribution in [0.5, 0.6) is 0 Å². The van der Waals surface area contributed by atoms with E-state index in [-0.39, 0.29) is 18.3 Å². The van der Waals surface area contributed by atoms with Crippen LogP contribution in [0.15, 0.2) is 109 Å². The van der Waals surface area contributed by atoms with Crippen molar-refractivity contribution in [1.82, 2.24) is 5.32 Å². The Balaban J connectivity index is 1.66. The lowest BCUT2D eigenvalue weighted by Crippen LogP contribution is -2.67. The minimum Gasteiger partial charge on any atom is -0.405 e. The van der Waals surface area contributed by atoms with E-state index in [4.69, 9.17) is 9.16 Å². The van der Waals surface area contributed by atoms with Gasteiger partial charge in [0.1, 0.15) is 0 Å². The second-order valence-electron chi connectivity index (χ2n) is 11.0. The van der Waals surface area contributed by atoms with E-state index in [0.29, 0.717) is 6.61 Å². The molecule has 7 nitrogen and oxygen atoms in total. The predicted molar refractivity (Wildman–Crippen MR) is 164 cm³/mol. The van der Waals surface area contributed by atoms with Gasteiger partial charge in [0, 0.05) is 6.07 Å². The maximum absolute atomic E-state index is 14.9. The Hall–Kier alpha value is -4.18. The average molecular weight is 587 g/mol. The zero-order valence-corrected chi connectivity index (χ0v) is 25.0. The van der Waals surface area contributed by atoms with Crippen LogP contribution in [0.1, 0.15) is 36.7 Å². The van der Waals surface area contributed by atoms with E-state index in [0.717, 1.165) is 22.0 Å². The van der Waals surface area contributed by atoms with Gasteiger partial charge >= 0.3 is 5.69 Å². The van der Waals surface area contributed by atoms with Gasteiger partial charge in [-0.1, -0.05) is 118 Å². The molecule has 0 bridgehead atoms. The number of nitro benzene ring substituents is 1. The molecule has 9 heteroatoms. The number of nitro groups is 1. The lowest BCUT2D eigenvalue weighted by molar-refractivity contribution is -0.387. The van der Waals surface area contributed by atoms with Crippen LogP contribution in [0.3, 0.4) is 0 Å². The molecule has 0 aromatic heterocycles. The zero-order chi connectivity index (χ0) is 30.2. The average Bonchev–Trinajstić information content (AvgIpc) is 2.98. The van der Waals surface area contributed by atoms with Crippen LogP contribution in [0, 0.1) is 15.9 Å². The summed E-state index contributed by atoms with van der Waals surface area (Å²) in [6.07, 6.45) is 0. The predicted octanol–water partition coefficient (Wildman–Crippen LogP) is 5.63. The summed E-state index contributed by atoms with van der Waals surface area (Å²) < 4.78 is 27.9. The van der Waals surface area contributed by atoms with E-state index in [1.807, 2.05) is 66.7 Å². The van der Waals surface area contributed by atoms with Crippen molar-refractivity contribution < 1.29 is 23.3 Å². The molecule has 42 heavy (non-hydrogen) atoms. The number of rotatable bonds is 12. The smallest absolute Gasteiger partial charge is 0.305 e. The number of ether oxygens (including phenoxy) is 1. The first-order valence-corrected chi connectivity index (χ1v) is 15.6. The number of benzene rings is 4. The molecule has 0 aliphatic carbocycles. The van der Waals surface area contributed by atoms with Gasteiger partial charge in [0.05, 0.1) is 36.3 Å². The van der Waals surface area contributed by atoms with Crippen molar-refractivity contribution in [2.75, 3.05) is 13.2 Å². The highest BCUT2D eigenvalue weighted by molar-refractivity contribution is 6.99. The molecule has 0 radical (unpaired) electrons. The summed E-state index contributed by atoms with van der Waals surface area (Å²) in [7, 11) is -2.95. The quantitative estimate of drug-likeness (QED) is 0.132. The van der Waals surface area contributed by atoms with E-state index in [1.54, 1.807) is 0 Å². The number of hydrogen-bond acceptors (Lipinski definition) is 5. The van der Waals surface area contributed by atoms with E-state index >= 15 is 0 Å². The molecule has 1 unspecified atom stereocenters. The van der Waals surface area contributed by atoms with E-state index in [1.165, 1.54) is 12.1 Å². The highest BCUT2D eigenvalue weighted by Gasteiger charge is 2.50. The summed E-state index contributed by atoms with van der Waals surface area (Å²) in [6, 6.07) is 32.6. The standard InChI is InChI=1S/C33H35FN2O5Si/c1-33(2,3)42(27-16-9-5-10-17-27,28-18-11-6-12-19-28)41-24-26(23-40-22-25-14-7-4-8-15-25)35-32(37)29-20-13-21-30(31(29)34)36(38)39/h4-21,26H,22-24H2,1-3H3,(H,35,37). The number of carbonyl (C=O) groups excluding carboxylic acids is 1. The molecule has 0 fully saturated rings. The first kappa shape index (κ1) is 30.8. The Labute approximate surface area is 246 Å². The summed E-state index contributed by atoms with van der Waals surface area (Å²) in [5, 5.41) is 15.9. The van der Waals surface area contributed by atoms with Crippen molar-refractivity contribution in [3.63, 3.8) is 0 Å². The van der Waals surface area contributed by atoms with Crippen LogP contribution in [0.25, 0.3) is 0 Å². The minimum atomic E-state index is -2.95. The third-order valence-corrected chi connectivity index (χ3v) is 12.1. The van der Waals surface area contributed by atoms with Gasteiger partial charge in [-0.15, -0.1) is 0 Å². The van der Waals surface area contributed by atoms with Crippen molar-refractivity contribution in [1.29, 1.82) is 0 Å². The Morgan fingerprint density at radius 2 is 1.40 bits per heavy atom. The number of nitrogens with zero attached hydrogens (tertiary/aromatic N) is 1. The van der Waals surface area contributed by atoms with Crippen molar-refractivity contribution >= 4 is 30.3 Å². The van der Waals surface area contributed by atoms with Gasteiger partial charge < -0.3 is 14.5 Å². The van der Waals surface area contributed by atoms with Crippen molar-refractivity contribution in [2.45, 2.75) is 38.5 Å². The van der Waals surface area contributed by atoms with Crippen LogP contribution >= 0.6 is 0 Å². The molecule has 4 aromatic rings. The fourth-order valence-electron chi connectivity index (χ4n) is 5.11. The van der Waals surface area contributed by atoms with Gasteiger partial charge in [0.15, 0.2) is 0 Å². The number of carbonyl (C=O) groups is 1. The first-order chi connectivity index (χ1) is 20.1. The lowest BCUT2D eigenvalue weighted by atomic mass is 10.1. The van der Waals surface area contributed by atoms with Crippen molar-refractivity contribution in [3.8, 4) is 0 Å². The van der Waals surface area contributed by atoms with Crippen molar-refractivity contribution in [3.05, 3.63) is 136 Å². The second-order valence-corrected chi connectivity index (χ2v) is 15.3. The van der Waals surface area contributed by atoms with Gasteiger partial charge in [-0.05, 0) is 27.0 Å². The summed E-state index contributed by atoms with van der Waals surface area (Å²) in [5.74, 6) is -1.97. The highest BCUT2D eigenvalue weighted by atomic mass is 28.4. The van der Waals surface area contributed by atoms with Crippen LogP contribution < -0.4 is 15.7 Å². The summed E-state index contributed by atoms with van der Waals surface area (Å²) in [5.41, 5.74) is -0.217. The molecule has 0 spiro atoms. The van der Waals surface area contributed by atoms with Gasteiger partial charge in [0.2, 0.25) is 5.82 Å². The first-order valence-electron chi connectivity index (χ1n) is 13.7. The van der Waals surface area contributed by atoms with Gasteiger partial charge in [-0.3, -0.25) is 14.9 Å². The molecule has 0 aliphatic heterocycles. The maximum Gasteiger partial charge on any atom is 0.305 e. The maximum atomic E-state index is 14.9. The number of nitrogens with one attached hydrogen (secondary N) is 1. The molecule has 0 heterocycles. The topological polar surface area (TPSA) is 90.7 Å². The molecule has 218 valence electrons. The Bertz CT molecular complexity index is 1440. The summed E-state index contributed by atoms with van der Waals surface area (Å²) in [6.45, 7) is 6.91. The Morgan fingerprint density at radius 1 is 0.857 bits per heavy atom. The molecule has 0 aliphatic rings. The van der Waals surface area contributed by atoms with Crippen LogP contribution in [0.2, 0.25) is 5.04 Å². The summed E-state index contributed by atoms with van der Waals surface area (Å²) >= 11 is 0. The normalized spacial score (nSPS) is 12.5.